The molecule has 0 saturated carbocycles. The number of thiophene rings is 1. The van der Waals surface area contributed by atoms with Gasteiger partial charge < -0.3 is 24.0 Å². The Morgan fingerprint density at radius 1 is 0.333 bits per heavy atom. The molecule has 5 nitrogen and oxygen atoms in total. The number of rotatable bonds is 8. The van der Waals surface area contributed by atoms with E-state index in [1.54, 1.807) is 0 Å². The molecule has 0 spiro atoms. The minimum atomic E-state index is -0.195. The van der Waals surface area contributed by atoms with E-state index in [-0.39, 0.29) is 17.5 Å². The fraction of sp³-hybridized carbons (Fsp3) is 0.0870. The standard InChI is InChI=1S/C92H67BN4OS/c1-91(2,3)63-32-38-65(39-33-63)96-80-53-70(95(69-43-49-84-76(52-69)72-22-11-13-24-83(72)98-84)79-48-31-60-27-26-58-20-15-21-59-30-44-75(79)87(60)86(58)59)42-46-77(80)93-78-47-45-74-73-23-12-14-25-85(73)99-90(74)89(78)97(66-40-34-64(35-41-66)92(4,5)6)82-55-71(54-81(96)88(82)93)94(67-36-28-56-16-7-9-18-61(56)50-67)68-37-29-57-17-8-10-19-62(57)51-68/h7-55H,1-6H3. The zero-order valence-electron chi connectivity index (χ0n) is 56.0. The lowest BCUT2D eigenvalue weighted by atomic mass is 9.33. The van der Waals surface area contributed by atoms with Crippen LogP contribution in [0.2, 0.25) is 0 Å². The molecule has 0 aliphatic carbocycles. The molecule has 470 valence electrons. The monoisotopic (exact) mass is 1290 g/mol. The van der Waals surface area contributed by atoms with Crippen molar-refractivity contribution in [1.29, 1.82) is 0 Å². The number of hydrogen-bond acceptors (Lipinski definition) is 6. The van der Waals surface area contributed by atoms with Crippen LogP contribution in [0.4, 0.5) is 68.2 Å². The molecule has 16 aromatic carbocycles. The largest absolute Gasteiger partial charge is 0.456 e. The highest BCUT2D eigenvalue weighted by atomic mass is 32.1. The number of furan rings is 1. The number of nitrogens with zero attached hydrogens (tertiary/aromatic N) is 4. The second-order valence-corrected chi connectivity index (χ2v) is 30.3. The van der Waals surface area contributed by atoms with Gasteiger partial charge in [0.2, 0.25) is 0 Å². The van der Waals surface area contributed by atoms with E-state index in [1.807, 2.05) is 11.3 Å². The Morgan fingerprint density at radius 2 is 0.828 bits per heavy atom. The molecule has 2 aliphatic heterocycles. The minimum Gasteiger partial charge on any atom is -0.456 e. The lowest BCUT2D eigenvalue weighted by molar-refractivity contribution is 0.590. The van der Waals surface area contributed by atoms with Crippen LogP contribution in [0.25, 0.3) is 96.0 Å². The van der Waals surface area contributed by atoms with Crippen molar-refractivity contribution in [2.24, 2.45) is 0 Å². The topological polar surface area (TPSA) is 26.1 Å². The van der Waals surface area contributed by atoms with Crippen LogP contribution in [0.15, 0.2) is 302 Å². The van der Waals surface area contributed by atoms with Crippen LogP contribution in [-0.4, -0.2) is 6.71 Å². The molecule has 18 aromatic rings. The van der Waals surface area contributed by atoms with Gasteiger partial charge in [-0.1, -0.05) is 230 Å². The van der Waals surface area contributed by atoms with Crippen LogP contribution in [0.3, 0.4) is 0 Å². The van der Waals surface area contributed by atoms with Crippen molar-refractivity contribution in [3.8, 4) is 0 Å². The fourth-order valence-corrected chi connectivity index (χ4v) is 17.8. The van der Waals surface area contributed by atoms with E-state index in [4.69, 9.17) is 4.42 Å². The summed E-state index contributed by atoms with van der Waals surface area (Å²) in [5.74, 6) is 0. The normalized spacial score (nSPS) is 13.1. The van der Waals surface area contributed by atoms with Gasteiger partial charge in [-0.25, -0.2) is 0 Å². The summed E-state index contributed by atoms with van der Waals surface area (Å²) in [5.41, 5.74) is 21.1. The van der Waals surface area contributed by atoms with Crippen molar-refractivity contribution in [2.45, 2.75) is 52.4 Å². The molecule has 0 bridgehead atoms. The number of hydrogen-bond donors (Lipinski definition) is 0. The number of fused-ring (bicyclic) bond motifs is 13. The van der Waals surface area contributed by atoms with Crippen molar-refractivity contribution in [1.82, 2.24) is 0 Å². The molecule has 99 heavy (non-hydrogen) atoms. The Morgan fingerprint density at radius 3 is 1.52 bits per heavy atom. The van der Waals surface area contributed by atoms with E-state index in [2.05, 4.69) is 358 Å². The van der Waals surface area contributed by atoms with Crippen LogP contribution >= 0.6 is 11.3 Å². The predicted octanol–water partition coefficient (Wildman–Crippen LogP) is 24.8. The third-order valence-corrected chi connectivity index (χ3v) is 22.6. The first-order chi connectivity index (χ1) is 48.3. The fourth-order valence-electron chi connectivity index (χ4n) is 16.5. The predicted molar refractivity (Wildman–Crippen MR) is 426 cm³/mol. The van der Waals surface area contributed by atoms with Crippen molar-refractivity contribution in [3.05, 3.63) is 308 Å². The summed E-state index contributed by atoms with van der Waals surface area (Å²) < 4.78 is 9.15. The molecule has 20 rings (SSSR count). The van der Waals surface area contributed by atoms with Gasteiger partial charge in [0.25, 0.3) is 6.71 Å². The van der Waals surface area contributed by atoms with Crippen LogP contribution in [-0.2, 0) is 10.8 Å². The summed E-state index contributed by atoms with van der Waals surface area (Å²) in [6, 6.07) is 113. The van der Waals surface area contributed by atoms with E-state index in [0.29, 0.717) is 0 Å². The van der Waals surface area contributed by atoms with Gasteiger partial charge in [0.05, 0.1) is 21.8 Å². The Balaban J connectivity index is 0.915. The van der Waals surface area contributed by atoms with Crippen LogP contribution in [0, 0.1) is 0 Å². The molecular formula is C92H67BN4OS. The van der Waals surface area contributed by atoms with E-state index in [1.165, 1.54) is 107 Å². The maximum atomic E-state index is 6.60. The number of anilines is 12. The van der Waals surface area contributed by atoms with E-state index in [9.17, 15) is 0 Å². The average molecular weight is 1290 g/mol. The number of benzene rings is 16. The first-order valence-corrected chi connectivity index (χ1v) is 35.4. The smallest absolute Gasteiger partial charge is 0.252 e. The van der Waals surface area contributed by atoms with Crippen molar-refractivity contribution in [2.75, 3.05) is 19.6 Å². The first-order valence-electron chi connectivity index (χ1n) is 34.6. The first kappa shape index (κ1) is 57.6. The molecule has 4 heterocycles. The van der Waals surface area contributed by atoms with Crippen LogP contribution in [0.5, 0.6) is 0 Å². The van der Waals surface area contributed by atoms with Gasteiger partial charge in [0.15, 0.2) is 0 Å². The SMILES string of the molecule is CC(C)(C)c1ccc(N2c3cc(N(c4ccc5oc6ccccc6c5c4)c4ccc5ccc6cccc7ccc4c5c67)ccc3B3c4ccc5c(sc6ccccc65)c4N(c4ccc(C(C)(C)C)cc4)c4cc(N(c5ccc6ccccc6c5)c5ccc6ccccc6c5)cc2c43)cc1. The molecule has 0 radical (unpaired) electrons. The Bertz CT molecular complexity index is 6280. The van der Waals surface area contributed by atoms with Crippen LogP contribution in [0.1, 0.15) is 52.7 Å². The van der Waals surface area contributed by atoms with Crippen LogP contribution < -0.4 is 36.0 Å². The zero-order valence-corrected chi connectivity index (χ0v) is 56.8. The van der Waals surface area contributed by atoms with Crippen molar-refractivity contribution in [3.63, 3.8) is 0 Å². The van der Waals surface area contributed by atoms with Crippen molar-refractivity contribution >= 4 is 199 Å². The highest BCUT2D eigenvalue weighted by Gasteiger charge is 2.46. The van der Waals surface area contributed by atoms with Gasteiger partial charge >= 0.3 is 0 Å². The molecule has 0 fully saturated rings. The van der Waals surface area contributed by atoms with Gasteiger partial charge in [-0.3, -0.25) is 0 Å². The minimum absolute atomic E-state index is 0.0526. The Hall–Kier alpha value is -11.6. The van der Waals surface area contributed by atoms with Gasteiger partial charge in [-0.15, -0.1) is 11.3 Å². The third-order valence-electron chi connectivity index (χ3n) is 21.4. The Kier molecular flexibility index (Phi) is 12.5. The lowest BCUT2D eigenvalue weighted by Gasteiger charge is -2.45. The molecule has 0 saturated heterocycles. The Labute approximate surface area is 579 Å². The highest BCUT2D eigenvalue weighted by molar-refractivity contribution is 7.26. The summed E-state index contributed by atoms with van der Waals surface area (Å²) in [5, 5.41) is 16.9. The van der Waals surface area contributed by atoms with Gasteiger partial charge in [0.1, 0.15) is 11.2 Å². The van der Waals surface area contributed by atoms with Gasteiger partial charge in [0, 0.05) is 82.8 Å². The molecule has 0 atom stereocenters. The summed E-state index contributed by atoms with van der Waals surface area (Å²) in [7, 11) is 0. The molecule has 0 amide bonds. The third kappa shape index (κ3) is 8.93. The number of para-hydroxylation sites is 1. The zero-order chi connectivity index (χ0) is 66.2. The average Bonchev–Trinajstić information content (AvgIpc) is 1.03. The second kappa shape index (κ2) is 21.4. The lowest BCUT2D eigenvalue weighted by Crippen LogP contribution is -2.61. The van der Waals surface area contributed by atoms with E-state index < -0.39 is 0 Å². The summed E-state index contributed by atoms with van der Waals surface area (Å²) >= 11 is 1.91. The summed E-state index contributed by atoms with van der Waals surface area (Å²) in [4.78, 5) is 10.3. The molecular weight excluding hydrogens is 1220 g/mol. The summed E-state index contributed by atoms with van der Waals surface area (Å²) in [6.45, 7) is 13.7. The summed E-state index contributed by atoms with van der Waals surface area (Å²) in [6.07, 6.45) is 0. The maximum Gasteiger partial charge on any atom is 0.252 e. The maximum absolute atomic E-state index is 6.60. The second-order valence-electron chi connectivity index (χ2n) is 29.3. The molecule has 2 aliphatic rings. The molecule has 2 aromatic heterocycles. The van der Waals surface area contributed by atoms with E-state index >= 15 is 0 Å². The van der Waals surface area contributed by atoms with E-state index in [0.717, 1.165) is 84.5 Å². The quantitative estimate of drug-likeness (QED) is 0.112. The molecule has 7 heteroatoms. The van der Waals surface area contributed by atoms with Crippen molar-refractivity contribution < 1.29 is 4.42 Å². The van der Waals surface area contributed by atoms with Gasteiger partial charge in [-0.05, 0) is 196 Å². The molecule has 0 N–H and O–H groups in total. The molecule has 0 unspecified atom stereocenters. The highest BCUT2D eigenvalue weighted by Crippen LogP contribution is 2.54. The van der Waals surface area contributed by atoms with Gasteiger partial charge in [-0.2, -0.15) is 0 Å².